The molecule has 1 aromatic rings. The van der Waals surface area contributed by atoms with Crippen LogP contribution in [-0.2, 0) is 6.18 Å². The highest BCUT2D eigenvalue weighted by molar-refractivity contribution is 5.94. The zero-order valence-corrected chi connectivity index (χ0v) is 10.5. The zero-order chi connectivity index (χ0) is 14.5. The average Bonchev–Trinajstić information content (AvgIpc) is 2.33. The van der Waals surface area contributed by atoms with Gasteiger partial charge in [-0.05, 0) is 18.6 Å². The first-order valence-electron chi connectivity index (χ1n) is 6.01. The molecule has 0 aliphatic carbocycles. The van der Waals surface area contributed by atoms with Crippen molar-refractivity contribution in [2.24, 2.45) is 0 Å². The highest BCUT2D eigenvalue weighted by Crippen LogP contribution is 2.32. The van der Waals surface area contributed by atoms with Gasteiger partial charge in [0.25, 0.3) is 5.91 Å². The van der Waals surface area contributed by atoms with E-state index in [4.69, 9.17) is 0 Å². The normalized spacial score (nSPS) is 11.4. The number of amides is 1. The molecule has 0 spiro atoms. The molecule has 0 aliphatic heterocycles. The Morgan fingerprint density at radius 2 is 1.95 bits per heavy atom. The van der Waals surface area contributed by atoms with Crippen LogP contribution in [0.1, 0.15) is 42.1 Å². The molecular weight excluding hydrogens is 262 g/mol. The minimum atomic E-state index is -4.80. The molecule has 0 bridgehead atoms. The van der Waals surface area contributed by atoms with Gasteiger partial charge >= 0.3 is 6.18 Å². The third-order valence-corrected chi connectivity index (χ3v) is 2.61. The van der Waals surface area contributed by atoms with Gasteiger partial charge < -0.3 is 5.32 Å². The van der Waals surface area contributed by atoms with Crippen LogP contribution < -0.4 is 5.32 Å². The Kier molecular flexibility index (Phi) is 5.32. The third kappa shape index (κ3) is 4.22. The van der Waals surface area contributed by atoms with Gasteiger partial charge in [0.1, 0.15) is 5.82 Å². The summed E-state index contributed by atoms with van der Waals surface area (Å²) < 4.78 is 51.0. The molecule has 2 nitrogen and oxygen atoms in total. The van der Waals surface area contributed by atoms with Crippen molar-refractivity contribution in [2.45, 2.75) is 32.4 Å². The summed E-state index contributed by atoms with van der Waals surface area (Å²) >= 11 is 0. The molecule has 0 fully saturated rings. The predicted octanol–water partition coefficient (Wildman–Crippen LogP) is 3.76. The number of alkyl halides is 3. The molecular formula is C13H15F4NO. The molecule has 106 valence electrons. The maximum absolute atomic E-state index is 13.6. The van der Waals surface area contributed by atoms with E-state index in [0.717, 1.165) is 25.0 Å². The summed E-state index contributed by atoms with van der Waals surface area (Å²) in [6, 6.07) is 2.68. The van der Waals surface area contributed by atoms with Crippen LogP contribution in [0.15, 0.2) is 18.2 Å². The summed E-state index contributed by atoms with van der Waals surface area (Å²) in [5, 5.41) is 2.41. The smallest absolute Gasteiger partial charge is 0.352 e. The monoisotopic (exact) mass is 277 g/mol. The third-order valence-electron chi connectivity index (χ3n) is 2.61. The Labute approximate surface area is 108 Å². The van der Waals surface area contributed by atoms with Crippen molar-refractivity contribution in [1.29, 1.82) is 0 Å². The van der Waals surface area contributed by atoms with Crippen LogP contribution in [0, 0.1) is 5.82 Å². The van der Waals surface area contributed by atoms with Crippen LogP contribution >= 0.6 is 0 Å². The molecule has 1 rings (SSSR count). The molecule has 0 radical (unpaired) electrons. The summed E-state index contributed by atoms with van der Waals surface area (Å²) in [5.41, 5.74) is -2.00. The van der Waals surface area contributed by atoms with Crippen molar-refractivity contribution in [3.05, 3.63) is 35.1 Å². The summed E-state index contributed by atoms with van der Waals surface area (Å²) in [5.74, 6) is -2.34. The van der Waals surface area contributed by atoms with Crippen LogP contribution in [-0.4, -0.2) is 12.5 Å². The largest absolute Gasteiger partial charge is 0.419 e. The van der Waals surface area contributed by atoms with Gasteiger partial charge in [-0.3, -0.25) is 4.79 Å². The van der Waals surface area contributed by atoms with Crippen molar-refractivity contribution < 1.29 is 22.4 Å². The van der Waals surface area contributed by atoms with E-state index in [2.05, 4.69) is 5.32 Å². The minimum Gasteiger partial charge on any atom is -0.352 e. The minimum absolute atomic E-state index is 0.322. The average molecular weight is 277 g/mol. The number of unbranched alkanes of at least 4 members (excludes halogenated alkanes) is 2. The highest BCUT2D eigenvalue weighted by Gasteiger charge is 2.35. The second-order valence-corrected chi connectivity index (χ2v) is 4.13. The zero-order valence-electron chi connectivity index (χ0n) is 10.5. The fourth-order valence-electron chi connectivity index (χ4n) is 1.60. The number of carbonyl (C=O) groups excluding carboxylic acids is 1. The van der Waals surface area contributed by atoms with Gasteiger partial charge in [-0.15, -0.1) is 0 Å². The molecule has 0 unspecified atom stereocenters. The molecule has 0 saturated carbocycles. The number of benzene rings is 1. The van der Waals surface area contributed by atoms with Gasteiger partial charge in [0, 0.05) is 6.54 Å². The van der Waals surface area contributed by atoms with Gasteiger partial charge in [-0.1, -0.05) is 25.8 Å². The number of carbonyl (C=O) groups is 1. The lowest BCUT2D eigenvalue weighted by Crippen LogP contribution is -2.26. The molecule has 1 N–H and O–H groups in total. The fourth-order valence-corrected chi connectivity index (χ4v) is 1.60. The van der Waals surface area contributed by atoms with Gasteiger partial charge in [0.05, 0.1) is 11.1 Å². The Morgan fingerprint density at radius 1 is 1.26 bits per heavy atom. The number of halogens is 4. The van der Waals surface area contributed by atoms with E-state index in [1.807, 2.05) is 6.92 Å². The van der Waals surface area contributed by atoms with Crippen molar-refractivity contribution in [2.75, 3.05) is 6.54 Å². The lowest BCUT2D eigenvalue weighted by Gasteiger charge is -2.11. The van der Waals surface area contributed by atoms with E-state index in [1.54, 1.807) is 0 Å². The summed E-state index contributed by atoms with van der Waals surface area (Å²) in [4.78, 5) is 11.6. The standard InChI is InChI=1S/C13H15F4NO/c1-2-3-4-8-18-12(19)9-6-5-7-10(11(9)14)13(15,16)17/h5-7H,2-4,8H2,1H3,(H,18,19). The van der Waals surface area contributed by atoms with Gasteiger partial charge in [0.2, 0.25) is 0 Å². The molecule has 19 heavy (non-hydrogen) atoms. The Hall–Kier alpha value is -1.59. The quantitative estimate of drug-likeness (QED) is 0.644. The van der Waals surface area contributed by atoms with E-state index in [1.165, 1.54) is 0 Å². The van der Waals surface area contributed by atoms with Gasteiger partial charge in [-0.25, -0.2) is 4.39 Å². The van der Waals surface area contributed by atoms with Crippen molar-refractivity contribution in [3.8, 4) is 0 Å². The maximum Gasteiger partial charge on any atom is 0.419 e. The van der Waals surface area contributed by atoms with Gasteiger partial charge in [0.15, 0.2) is 0 Å². The van der Waals surface area contributed by atoms with E-state index in [-0.39, 0.29) is 0 Å². The number of hydrogen-bond donors (Lipinski definition) is 1. The predicted molar refractivity (Wildman–Crippen MR) is 63.3 cm³/mol. The van der Waals surface area contributed by atoms with E-state index in [0.29, 0.717) is 19.0 Å². The lowest BCUT2D eigenvalue weighted by atomic mass is 10.1. The van der Waals surface area contributed by atoms with Crippen molar-refractivity contribution in [3.63, 3.8) is 0 Å². The van der Waals surface area contributed by atoms with E-state index >= 15 is 0 Å². The molecule has 1 aromatic carbocycles. The molecule has 0 aromatic heterocycles. The first kappa shape index (κ1) is 15.5. The SMILES string of the molecule is CCCCCNC(=O)c1cccc(C(F)(F)F)c1F. The topological polar surface area (TPSA) is 29.1 Å². The first-order valence-corrected chi connectivity index (χ1v) is 6.01. The van der Waals surface area contributed by atoms with Crippen LogP contribution in [0.2, 0.25) is 0 Å². The summed E-state index contributed by atoms with van der Waals surface area (Å²) in [6.07, 6.45) is -2.25. The molecule has 0 saturated heterocycles. The first-order chi connectivity index (χ1) is 8.88. The van der Waals surface area contributed by atoms with E-state index < -0.39 is 29.0 Å². The molecule has 6 heteroatoms. The molecule has 1 amide bonds. The Balaban J connectivity index is 2.81. The lowest BCUT2D eigenvalue weighted by molar-refractivity contribution is -0.140. The summed E-state index contributed by atoms with van der Waals surface area (Å²) in [6.45, 7) is 2.30. The van der Waals surface area contributed by atoms with Crippen LogP contribution in [0.5, 0.6) is 0 Å². The second kappa shape index (κ2) is 6.54. The molecule has 0 heterocycles. The second-order valence-electron chi connectivity index (χ2n) is 4.13. The van der Waals surface area contributed by atoms with Crippen LogP contribution in [0.4, 0.5) is 17.6 Å². The number of rotatable bonds is 5. The molecule has 0 aliphatic rings. The number of hydrogen-bond acceptors (Lipinski definition) is 1. The van der Waals surface area contributed by atoms with E-state index in [9.17, 15) is 22.4 Å². The Morgan fingerprint density at radius 3 is 2.53 bits per heavy atom. The van der Waals surface area contributed by atoms with Crippen LogP contribution in [0.3, 0.4) is 0 Å². The van der Waals surface area contributed by atoms with Crippen LogP contribution in [0.25, 0.3) is 0 Å². The summed E-state index contributed by atoms with van der Waals surface area (Å²) in [7, 11) is 0. The maximum atomic E-state index is 13.6. The molecule has 0 atom stereocenters. The van der Waals surface area contributed by atoms with Gasteiger partial charge in [-0.2, -0.15) is 13.2 Å². The highest BCUT2D eigenvalue weighted by atomic mass is 19.4. The van der Waals surface area contributed by atoms with Crippen molar-refractivity contribution >= 4 is 5.91 Å². The number of nitrogens with one attached hydrogen (secondary N) is 1. The Bertz CT molecular complexity index is 443. The van der Waals surface area contributed by atoms with Crippen molar-refractivity contribution in [1.82, 2.24) is 5.32 Å². The fraction of sp³-hybridized carbons (Fsp3) is 0.462.